The number of rotatable bonds is 6. The van der Waals surface area contributed by atoms with Crippen LogP contribution in [0.3, 0.4) is 0 Å². The number of carboxylic acid groups (broad SMARTS) is 2. The van der Waals surface area contributed by atoms with Crippen molar-refractivity contribution in [3.05, 3.63) is 11.6 Å². The molecule has 38 heavy (non-hydrogen) atoms. The summed E-state index contributed by atoms with van der Waals surface area (Å²) in [5.41, 5.74) is 2.23. The molecule has 1 saturated heterocycles. The van der Waals surface area contributed by atoms with Crippen LogP contribution in [0.1, 0.15) is 65.2 Å². The van der Waals surface area contributed by atoms with E-state index >= 15 is 0 Å². The van der Waals surface area contributed by atoms with Crippen molar-refractivity contribution >= 4 is 17.7 Å². The molecule has 5 aliphatic rings. The molecule has 0 bridgehead atoms. The molecule has 0 radical (unpaired) electrons. The van der Waals surface area contributed by atoms with Gasteiger partial charge in [0.25, 0.3) is 0 Å². The molecule has 212 valence electrons. The number of ether oxygens (including phenoxy) is 2. The number of hydrogen-bond donors (Lipinski definition) is 5. The molecule has 3 saturated carbocycles. The largest absolute Gasteiger partial charge is 0.479 e. The predicted molar refractivity (Wildman–Crippen MR) is 132 cm³/mol. The summed E-state index contributed by atoms with van der Waals surface area (Å²) in [5.74, 6) is -0.986. The summed E-state index contributed by atoms with van der Waals surface area (Å²) in [7, 11) is 0. The fourth-order valence-corrected chi connectivity index (χ4v) is 8.20. The van der Waals surface area contributed by atoms with Gasteiger partial charge in [-0.15, -0.1) is 0 Å². The third-order valence-electron chi connectivity index (χ3n) is 10.3. The van der Waals surface area contributed by atoms with Crippen LogP contribution < -0.4 is 0 Å². The van der Waals surface area contributed by atoms with Crippen molar-refractivity contribution in [3.63, 3.8) is 0 Å². The first-order valence-electron chi connectivity index (χ1n) is 13.6. The Morgan fingerprint density at radius 1 is 1.03 bits per heavy atom. The van der Waals surface area contributed by atoms with Crippen LogP contribution >= 0.6 is 0 Å². The molecule has 0 spiro atoms. The van der Waals surface area contributed by atoms with Crippen molar-refractivity contribution in [1.82, 2.24) is 0 Å². The highest BCUT2D eigenvalue weighted by Crippen LogP contribution is 2.64. The minimum absolute atomic E-state index is 0.00908. The van der Waals surface area contributed by atoms with Crippen LogP contribution in [0.4, 0.5) is 0 Å². The van der Waals surface area contributed by atoms with Crippen LogP contribution in [-0.2, 0) is 23.9 Å². The second kappa shape index (κ2) is 10.2. The van der Waals surface area contributed by atoms with Gasteiger partial charge in [-0.3, -0.25) is 0 Å². The minimum Gasteiger partial charge on any atom is -0.479 e. The lowest BCUT2D eigenvalue weighted by Crippen LogP contribution is -2.61. The number of oxime groups is 1. The van der Waals surface area contributed by atoms with E-state index < -0.39 is 49.3 Å². The highest BCUT2D eigenvalue weighted by molar-refractivity contribution is 5.92. The molecule has 11 atom stereocenters. The van der Waals surface area contributed by atoms with E-state index in [0.717, 1.165) is 44.2 Å². The summed E-state index contributed by atoms with van der Waals surface area (Å²) < 4.78 is 11.4. The smallest absolute Gasteiger partial charge is 0.344 e. The molecule has 4 fully saturated rings. The maximum atomic E-state index is 11.4. The van der Waals surface area contributed by atoms with Gasteiger partial charge in [0.05, 0.1) is 11.8 Å². The molecule has 5 N–H and O–H groups in total. The highest BCUT2D eigenvalue weighted by atomic mass is 16.7. The van der Waals surface area contributed by atoms with Crippen molar-refractivity contribution in [2.75, 3.05) is 6.61 Å². The summed E-state index contributed by atoms with van der Waals surface area (Å²) in [4.78, 5) is 27.4. The number of carboxylic acids is 2. The van der Waals surface area contributed by atoms with Gasteiger partial charge in [-0.25, -0.2) is 9.59 Å². The van der Waals surface area contributed by atoms with Gasteiger partial charge >= 0.3 is 11.9 Å². The summed E-state index contributed by atoms with van der Waals surface area (Å²) >= 11 is 0. The molecular formula is C27H39NO10. The minimum atomic E-state index is -1.74. The monoisotopic (exact) mass is 537 g/mol. The molecule has 4 aliphatic carbocycles. The van der Waals surface area contributed by atoms with Crippen LogP contribution in [-0.4, -0.2) is 86.6 Å². The van der Waals surface area contributed by atoms with Crippen LogP contribution in [0.2, 0.25) is 0 Å². The highest BCUT2D eigenvalue weighted by Gasteiger charge is 2.58. The van der Waals surface area contributed by atoms with Gasteiger partial charge in [-0.05, 0) is 74.5 Å². The standard InChI is InChI=1S/C27H39NO10/c1-26-9-7-14(37-25-22(33)20(31)21(32)23(38-25)24(34)35)11-13(26)3-4-15-16-5-6-18(28-36-12-19(29)30)27(16,2)10-8-17(15)26/h3,14-17,20-23,25,31-33H,4-12H2,1-2H3,(H,29,30)(H,34,35)/b28-18+/t14-,15-,16-,17-,20-,21-,22+,23-,25+,26-,27-/m0/s1. The first-order chi connectivity index (χ1) is 18.0. The first kappa shape index (κ1) is 27.5. The normalized spacial score (nSPS) is 47.4. The average molecular weight is 538 g/mol. The molecule has 11 nitrogen and oxygen atoms in total. The molecule has 5 rings (SSSR count). The zero-order chi connectivity index (χ0) is 27.4. The topological polar surface area (TPSA) is 175 Å². The molecule has 11 heteroatoms. The zero-order valence-electron chi connectivity index (χ0n) is 21.9. The lowest BCUT2D eigenvalue weighted by atomic mass is 9.48. The molecule has 0 unspecified atom stereocenters. The van der Waals surface area contributed by atoms with E-state index in [1.807, 2.05) is 0 Å². The second-order valence-corrected chi connectivity index (χ2v) is 12.2. The van der Waals surface area contributed by atoms with Crippen molar-refractivity contribution in [1.29, 1.82) is 0 Å². The van der Waals surface area contributed by atoms with Crippen molar-refractivity contribution in [2.24, 2.45) is 33.7 Å². The number of aliphatic carboxylic acids is 2. The second-order valence-electron chi connectivity index (χ2n) is 12.2. The van der Waals surface area contributed by atoms with Crippen molar-refractivity contribution in [2.45, 2.75) is 102 Å². The lowest BCUT2D eigenvalue weighted by Gasteiger charge is -2.57. The number of aliphatic hydroxyl groups excluding tert-OH is 3. The number of allylic oxidation sites excluding steroid dienone is 1. The fourth-order valence-electron chi connectivity index (χ4n) is 8.20. The summed E-state index contributed by atoms with van der Waals surface area (Å²) in [6.07, 6.45) is 1.10. The predicted octanol–water partition coefficient (Wildman–Crippen LogP) is 1.68. The fraction of sp³-hybridized carbons (Fsp3) is 0.815. The Labute approximate surface area is 221 Å². The van der Waals surface area contributed by atoms with E-state index in [1.165, 1.54) is 5.57 Å². The number of hydrogen-bond acceptors (Lipinski definition) is 9. The van der Waals surface area contributed by atoms with Gasteiger partial charge in [0.1, 0.15) is 18.3 Å². The Hall–Kier alpha value is -2.05. The van der Waals surface area contributed by atoms with E-state index in [0.29, 0.717) is 30.6 Å². The van der Waals surface area contributed by atoms with E-state index in [-0.39, 0.29) is 16.9 Å². The molecule has 1 aliphatic heterocycles. The quantitative estimate of drug-likeness (QED) is 0.248. The average Bonchev–Trinajstić information content (AvgIpc) is 3.20. The first-order valence-corrected chi connectivity index (χ1v) is 13.6. The Morgan fingerprint density at radius 2 is 1.74 bits per heavy atom. The van der Waals surface area contributed by atoms with Crippen LogP contribution in [0.5, 0.6) is 0 Å². The van der Waals surface area contributed by atoms with Crippen molar-refractivity contribution < 1.29 is 49.4 Å². The van der Waals surface area contributed by atoms with E-state index in [9.17, 15) is 30.0 Å². The van der Waals surface area contributed by atoms with Gasteiger partial charge in [0, 0.05) is 5.41 Å². The number of carbonyl (C=O) groups is 2. The molecule has 0 aromatic rings. The maximum Gasteiger partial charge on any atom is 0.344 e. The van der Waals surface area contributed by atoms with E-state index in [4.69, 9.17) is 19.4 Å². The van der Waals surface area contributed by atoms with Crippen LogP contribution in [0.15, 0.2) is 16.8 Å². The third-order valence-corrected chi connectivity index (χ3v) is 10.3. The SMILES string of the molecule is C[C@]12CC[C@H](O[C@@H]3O[C@H](C(=O)O)[C@@H](O)[C@H](O)[C@H]3O)CC1=CC[C@@H]1[C@@H]2CC[C@]2(C)/C(=N/OCC(=O)O)CC[C@@H]12. The van der Waals surface area contributed by atoms with Gasteiger partial charge in [-0.1, -0.05) is 30.7 Å². The zero-order valence-corrected chi connectivity index (χ0v) is 21.9. The Balaban J connectivity index is 1.27. The molecule has 0 aromatic heterocycles. The van der Waals surface area contributed by atoms with Crippen molar-refractivity contribution in [3.8, 4) is 0 Å². The Morgan fingerprint density at radius 3 is 2.45 bits per heavy atom. The Bertz CT molecular complexity index is 1010. The molecule has 0 amide bonds. The van der Waals surface area contributed by atoms with Gasteiger partial charge in [0.2, 0.25) is 6.61 Å². The summed E-state index contributed by atoms with van der Waals surface area (Å²) in [5, 5.41) is 52.9. The van der Waals surface area contributed by atoms with Gasteiger partial charge < -0.3 is 39.8 Å². The maximum absolute atomic E-state index is 11.4. The van der Waals surface area contributed by atoms with E-state index in [2.05, 4.69) is 25.1 Å². The summed E-state index contributed by atoms with van der Waals surface area (Å²) in [6.45, 7) is 4.16. The van der Waals surface area contributed by atoms with E-state index in [1.54, 1.807) is 0 Å². The molecule has 0 aromatic carbocycles. The number of fused-ring (bicyclic) bond motifs is 5. The third kappa shape index (κ3) is 4.56. The lowest BCUT2D eigenvalue weighted by molar-refractivity contribution is -0.306. The van der Waals surface area contributed by atoms with Gasteiger partial charge in [-0.2, -0.15) is 0 Å². The number of nitrogens with zero attached hydrogens (tertiary/aromatic N) is 1. The van der Waals surface area contributed by atoms with Gasteiger partial charge in [0.15, 0.2) is 12.4 Å². The summed E-state index contributed by atoms with van der Waals surface area (Å²) in [6, 6.07) is 0. The van der Waals surface area contributed by atoms with Crippen LogP contribution in [0.25, 0.3) is 0 Å². The molecular weight excluding hydrogens is 498 g/mol. The molecule has 1 heterocycles. The Kier molecular flexibility index (Phi) is 7.36. The van der Waals surface area contributed by atoms with Crippen LogP contribution in [0, 0.1) is 28.6 Å². The number of aliphatic hydroxyl groups is 3.